The quantitative estimate of drug-likeness (QED) is 0.591. The van der Waals surface area contributed by atoms with Crippen molar-refractivity contribution in [1.29, 1.82) is 5.26 Å². The second-order valence-electron chi connectivity index (χ2n) is 2.48. The highest BCUT2D eigenvalue weighted by molar-refractivity contribution is 7.99. The molecule has 1 rings (SSSR count). The van der Waals surface area contributed by atoms with Gasteiger partial charge in [0.05, 0.1) is 6.07 Å². The molecule has 0 aliphatic heterocycles. The zero-order chi connectivity index (χ0) is 10.6. The zero-order valence-corrected chi connectivity index (χ0v) is 8.58. The SMILES string of the molecule is N#CC(Cl)CSc1ccc(F)cc1F. The number of hydrogen-bond donors (Lipinski definition) is 0. The van der Waals surface area contributed by atoms with Crippen molar-refractivity contribution >= 4 is 23.4 Å². The predicted molar refractivity (Wildman–Crippen MR) is 52.3 cm³/mol. The fourth-order valence-electron chi connectivity index (χ4n) is 0.792. The molecule has 1 aromatic carbocycles. The molecule has 1 atom stereocenters. The minimum Gasteiger partial charge on any atom is -0.207 e. The Kier molecular flexibility index (Phi) is 4.18. The van der Waals surface area contributed by atoms with Crippen molar-refractivity contribution < 1.29 is 8.78 Å². The van der Waals surface area contributed by atoms with Gasteiger partial charge >= 0.3 is 0 Å². The lowest BCUT2D eigenvalue weighted by molar-refractivity contribution is 0.565. The van der Waals surface area contributed by atoms with E-state index in [0.29, 0.717) is 4.90 Å². The van der Waals surface area contributed by atoms with Crippen molar-refractivity contribution in [3.8, 4) is 6.07 Å². The van der Waals surface area contributed by atoms with Gasteiger partial charge in [-0.15, -0.1) is 23.4 Å². The molecule has 0 amide bonds. The van der Waals surface area contributed by atoms with E-state index in [1.54, 1.807) is 0 Å². The summed E-state index contributed by atoms with van der Waals surface area (Å²) in [4.78, 5) is 0.298. The molecule has 0 aliphatic rings. The number of hydrogen-bond acceptors (Lipinski definition) is 2. The third-order valence-electron chi connectivity index (χ3n) is 1.42. The molecule has 0 radical (unpaired) electrons. The molecule has 1 nitrogen and oxygen atoms in total. The summed E-state index contributed by atoms with van der Waals surface area (Å²) >= 11 is 6.61. The van der Waals surface area contributed by atoms with Crippen molar-refractivity contribution in [2.45, 2.75) is 10.3 Å². The summed E-state index contributed by atoms with van der Waals surface area (Å²) in [6.45, 7) is 0. The number of rotatable bonds is 3. The maximum absolute atomic E-state index is 13.0. The Morgan fingerprint density at radius 3 is 2.79 bits per heavy atom. The average molecular weight is 234 g/mol. The van der Waals surface area contributed by atoms with Gasteiger partial charge in [0, 0.05) is 16.7 Å². The summed E-state index contributed by atoms with van der Waals surface area (Å²) in [5.74, 6) is -0.966. The summed E-state index contributed by atoms with van der Waals surface area (Å²) in [5, 5.41) is 7.71. The normalized spacial score (nSPS) is 12.1. The summed E-state index contributed by atoms with van der Waals surface area (Å²) < 4.78 is 25.5. The van der Waals surface area contributed by atoms with Crippen LogP contribution in [0.4, 0.5) is 8.78 Å². The van der Waals surface area contributed by atoms with Gasteiger partial charge in [-0.2, -0.15) is 5.26 Å². The van der Waals surface area contributed by atoms with Gasteiger partial charge in [-0.3, -0.25) is 0 Å². The van der Waals surface area contributed by atoms with Gasteiger partial charge in [0.15, 0.2) is 0 Å². The molecule has 14 heavy (non-hydrogen) atoms. The maximum Gasteiger partial charge on any atom is 0.139 e. The first kappa shape index (κ1) is 11.3. The minimum atomic E-state index is -0.663. The van der Waals surface area contributed by atoms with E-state index in [2.05, 4.69) is 0 Å². The van der Waals surface area contributed by atoms with Crippen LogP contribution in [0.5, 0.6) is 0 Å². The molecule has 0 heterocycles. The van der Waals surface area contributed by atoms with Gasteiger partial charge in [-0.05, 0) is 12.1 Å². The minimum absolute atomic E-state index is 0.278. The number of thioether (sulfide) groups is 1. The Bertz CT molecular complexity index is 364. The van der Waals surface area contributed by atoms with Crippen LogP contribution in [0.15, 0.2) is 23.1 Å². The Balaban J connectivity index is 2.64. The van der Waals surface area contributed by atoms with E-state index in [1.165, 1.54) is 12.1 Å². The second-order valence-corrected chi connectivity index (χ2v) is 4.07. The van der Waals surface area contributed by atoms with Gasteiger partial charge in [0.2, 0.25) is 0 Å². The molecule has 1 aromatic rings. The molecule has 0 saturated heterocycles. The molecule has 0 spiro atoms. The molecule has 0 bridgehead atoms. The Labute approximate surface area is 89.7 Å². The fourth-order valence-corrected chi connectivity index (χ4v) is 1.74. The van der Waals surface area contributed by atoms with E-state index < -0.39 is 17.0 Å². The van der Waals surface area contributed by atoms with E-state index >= 15 is 0 Å². The van der Waals surface area contributed by atoms with Crippen LogP contribution in [-0.4, -0.2) is 11.1 Å². The standard InChI is InChI=1S/C9H6ClF2NS/c10-6(4-13)5-14-9-2-1-7(11)3-8(9)12/h1-3,6H,5H2. The van der Waals surface area contributed by atoms with Crippen LogP contribution in [0, 0.1) is 23.0 Å². The number of benzene rings is 1. The smallest absolute Gasteiger partial charge is 0.139 e. The van der Waals surface area contributed by atoms with Crippen LogP contribution in [0.3, 0.4) is 0 Å². The van der Waals surface area contributed by atoms with Crippen molar-refractivity contribution in [1.82, 2.24) is 0 Å². The van der Waals surface area contributed by atoms with Gasteiger partial charge in [0.1, 0.15) is 17.0 Å². The summed E-state index contributed by atoms with van der Waals surface area (Å²) in [6.07, 6.45) is 0. The van der Waals surface area contributed by atoms with Crippen molar-refractivity contribution in [3.63, 3.8) is 0 Å². The first-order valence-corrected chi connectivity index (χ1v) is 5.17. The van der Waals surface area contributed by atoms with E-state index in [4.69, 9.17) is 16.9 Å². The lowest BCUT2D eigenvalue weighted by Crippen LogP contribution is -1.97. The molecule has 0 fully saturated rings. The third-order valence-corrected chi connectivity index (χ3v) is 3.00. The van der Waals surface area contributed by atoms with Gasteiger partial charge in [-0.25, -0.2) is 8.78 Å². The van der Waals surface area contributed by atoms with Crippen LogP contribution >= 0.6 is 23.4 Å². The molecule has 5 heteroatoms. The maximum atomic E-state index is 13.0. The second kappa shape index (κ2) is 5.18. The summed E-state index contributed by atoms with van der Waals surface area (Å²) in [5.41, 5.74) is 0. The van der Waals surface area contributed by atoms with E-state index in [1.807, 2.05) is 6.07 Å². The van der Waals surface area contributed by atoms with Crippen LogP contribution in [-0.2, 0) is 0 Å². The lowest BCUT2D eigenvalue weighted by Gasteiger charge is -2.02. The first-order chi connectivity index (χ1) is 6.63. The Morgan fingerprint density at radius 1 is 1.50 bits per heavy atom. The van der Waals surface area contributed by atoms with Crippen LogP contribution in [0.2, 0.25) is 0 Å². The molecule has 0 aromatic heterocycles. The predicted octanol–water partition coefficient (Wildman–Crippen LogP) is 3.19. The molecule has 0 saturated carbocycles. The largest absolute Gasteiger partial charge is 0.207 e. The molecule has 0 aliphatic carbocycles. The lowest BCUT2D eigenvalue weighted by atomic mass is 10.3. The molecular formula is C9H6ClF2NS. The van der Waals surface area contributed by atoms with Gasteiger partial charge < -0.3 is 0 Å². The van der Waals surface area contributed by atoms with Crippen LogP contribution < -0.4 is 0 Å². The van der Waals surface area contributed by atoms with E-state index in [9.17, 15) is 8.78 Å². The van der Waals surface area contributed by atoms with Crippen molar-refractivity contribution in [2.24, 2.45) is 0 Å². The molecule has 1 unspecified atom stereocenters. The van der Waals surface area contributed by atoms with E-state index in [0.717, 1.165) is 17.8 Å². The number of halogens is 3. The first-order valence-electron chi connectivity index (χ1n) is 3.75. The number of nitriles is 1. The van der Waals surface area contributed by atoms with Crippen LogP contribution in [0.25, 0.3) is 0 Å². The molecule has 74 valence electrons. The highest BCUT2D eigenvalue weighted by Gasteiger charge is 2.07. The van der Waals surface area contributed by atoms with Gasteiger partial charge in [0.25, 0.3) is 0 Å². The third kappa shape index (κ3) is 3.17. The highest BCUT2D eigenvalue weighted by Crippen LogP contribution is 2.23. The van der Waals surface area contributed by atoms with Crippen LogP contribution in [0.1, 0.15) is 0 Å². The Hall–Kier alpha value is -0.790. The number of alkyl halides is 1. The Morgan fingerprint density at radius 2 is 2.21 bits per heavy atom. The number of nitrogens with zero attached hydrogens (tertiary/aromatic N) is 1. The van der Waals surface area contributed by atoms with Crippen molar-refractivity contribution in [3.05, 3.63) is 29.8 Å². The summed E-state index contributed by atoms with van der Waals surface area (Å²) in [7, 11) is 0. The monoisotopic (exact) mass is 233 g/mol. The summed E-state index contributed by atoms with van der Waals surface area (Å²) in [6, 6.07) is 5.11. The topological polar surface area (TPSA) is 23.8 Å². The highest BCUT2D eigenvalue weighted by atomic mass is 35.5. The van der Waals surface area contributed by atoms with Gasteiger partial charge in [-0.1, -0.05) is 0 Å². The fraction of sp³-hybridized carbons (Fsp3) is 0.222. The van der Waals surface area contributed by atoms with E-state index in [-0.39, 0.29) is 5.75 Å². The zero-order valence-electron chi connectivity index (χ0n) is 7.01. The van der Waals surface area contributed by atoms with Crippen molar-refractivity contribution in [2.75, 3.05) is 5.75 Å². The average Bonchev–Trinajstić information content (AvgIpc) is 2.16. The molecule has 0 N–H and O–H groups in total. The molecular weight excluding hydrogens is 228 g/mol.